The normalized spacial score (nSPS) is 15.6. The quantitative estimate of drug-likeness (QED) is 0.341. The van der Waals surface area contributed by atoms with E-state index in [0.717, 1.165) is 15.6 Å². The molecule has 0 saturated heterocycles. The molecule has 3 heterocycles. The van der Waals surface area contributed by atoms with Crippen molar-refractivity contribution >= 4 is 45.0 Å². The third-order valence-corrected chi connectivity index (χ3v) is 7.08. The topological polar surface area (TPSA) is 73.8 Å². The molecule has 35 heavy (non-hydrogen) atoms. The summed E-state index contributed by atoms with van der Waals surface area (Å²) in [6, 6.07) is 19.9. The van der Waals surface area contributed by atoms with Crippen molar-refractivity contribution < 1.29 is 13.9 Å². The summed E-state index contributed by atoms with van der Waals surface area (Å²) in [5, 5.41) is 0. The van der Waals surface area contributed by atoms with E-state index in [9.17, 15) is 9.59 Å². The number of halogens is 1. The van der Waals surface area contributed by atoms with Gasteiger partial charge < -0.3 is 9.15 Å². The zero-order valence-corrected chi connectivity index (χ0v) is 21.4. The molecule has 2 aromatic heterocycles. The predicted molar refractivity (Wildman–Crippen MR) is 139 cm³/mol. The summed E-state index contributed by atoms with van der Waals surface area (Å²) in [5.41, 5.74) is 2.14. The smallest absolute Gasteiger partial charge is 0.338 e. The van der Waals surface area contributed by atoms with E-state index in [0.29, 0.717) is 26.6 Å². The van der Waals surface area contributed by atoms with Crippen LogP contribution in [-0.4, -0.2) is 17.1 Å². The van der Waals surface area contributed by atoms with Gasteiger partial charge >= 0.3 is 5.97 Å². The minimum Gasteiger partial charge on any atom is -0.464 e. The first-order valence-corrected chi connectivity index (χ1v) is 12.7. The van der Waals surface area contributed by atoms with Crippen LogP contribution in [0.1, 0.15) is 35.6 Å². The van der Waals surface area contributed by atoms with Crippen LogP contribution in [0.2, 0.25) is 0 Å². The van der Waals surface area contributed by atoms with Crippen molar-refractivity contribution in [1.82, 2.24) is 4.57 Å². The molecule has 4 aromatic rings. The summed E-state index contributed by atoms with van der Waals surface area (Å²) in [7, 11) is 0. The van der Waals surface area contributed by atoms with E-state index in [1.807, 2.05) is 73.7 Å². The van der Waals surface area contributed by atoms with Crippen molar-refractivity contribution in [1.29, 1.82) is 0 Å². The lowest BCUT2D eigenvalue weighted by molar-refractivity contribution is -0.139. The lowest BCUT2D eigenvalue weighted by Gasteiger charge is -2.24. The predicted octanol–water partition coefficient (Wildman–Crippen LogP) is 4.60. The Morgan fingerprint density at radius 2 is 1.89 bits per heavy atom. The third-order valence-electron chi connectivity index (χ3n) is 5.57. The van der Waals surface area contributed by atoms with Gasteiger partial charge in [0.2, 0.25) is 0 Å². The molecule has 176 valence electrons. The number of esters is 1. The zero-order chi connectivity index (χ0) is 24.5. The Hall–Kier alpha value is -3.49. The first-order chi connectivity index (χ1) is 17.0. The number of aryl methyl sites for hydroxylation is 1. The average molecular weight is 549 g/mol. The van der Waals surface area contributed by atoms with E-state index >= 15 is 0 Å². The summed E-state index contributed by atoms with van der Waals surface area (Å²) in [6.45, 7) is 3.77. The maximum atomic E-state index is 13.7. The molecule has 0 fully saturated rings. The Balaban J connectivity index is 1.82. The van der Waals surface area contributed by atoms with E-state index in [1.54, 1.807) is 13.0 Å². The first kappa shape index (κ1) is 23.3. The second kappa shape index (κ2) is 9.64. The molecule has 5 rings (SSSR count). The van der Waals surface area contributed by atoms with Gasteiger partial charge in [-0.25, -0.2) is 9.79 Å². The molecule has 0 amide bonds. The SMILES string of the molecule is CCOC(=O)C1=C(c2ccccc2)N=c2sc(=Cc3ccc(Br)cc3)c(=O)n2C1c1ccc(C)o1. The van der Waals surface area contributed by atoms with Gasteiger partial charge in [-0.05, 0) is 49.8 Å². The summed E-state index contributed by atoms with van der Waals surface area (Å²) in [4.78, 5) is 32.3. The highest BCUT2D eigenvalue weighted by molar-refractivity contribution is 9.10. The number of rotatable bonds is 5. The standard InChI is InChI=1S/C27H21BrN2O4S/c1-3-33-26(32)22-23(18-7-5-4-6-8-18)29-27-30(24(22)20-14-9-16(2)34-20)25(31)21(35-27)15-17-10-12-19(28)13-11-17/h4-15,24H,3H2,1-2H3. The van der Waals surface area contributed by atoms with Crippen LogP contribution in [0.4, 0.5) is 0 Å². The van der Waals surface area contributed by atoms with E-state index in [-0.39, 0.29) is 17.7 Å². The number of aromatic nitrogens is 1. The summed E-state index contributed by atoms with van der Waals surface area (Å²) in [6.07, 6.45) is 1.83. The van der Waals surface area contributed by atoms with Gasteiger partial charge in [0.1, 0.15) is 17.6 Å². The van der Waals surface area contributed by atoms with Crippen molar-refractivity contribution in [3.63, 3.8) is 0 Å². The molecule has 0 radical (unpaired) electrons. The number of nitrogens with zero attached hydrogens (tertiary/aromatic N) is 2. The van der Waals surface area contributed by atoms with Crippen molar-refractivity contribution in [2.45, 2.75) is 19.9 Å². The molecular weight excluding hydrogens is 528 g/mol. The Bertz CT molecular complexity index is 1610. The summed E-state index contributed by atoms with van der Waals surface area (Å²) in [5.74, 6) is 0.625. The molecule has 1 aliphatic rings. The Kier molecular flexibility index (Phi) is 6.40. The molecule has 0 bridgehead atoms. The highest BCUT2D eigenvalue weighted by atomic mass is 79.9. The third kappa shape index (κ3) is 4.47. The summed E-state index contributed by atoms with van der Waals surface area (Å²) >= 11 is 4.72. The molecule has 0 N–H and O–H groups in total. The van der Waals surface area contributed by atoms with E-state index in [4.69, 9.17) is 14.1 Å². The Morgan fingerprint density at radius 3 is 2.54 bits per heavy atom. The van der Waals surface area contributed by atoms with Crippen LogP contribution in [0.3, 0.4) is 0 Å². The van der Waals surface area contributed by atoms with Crippen molar-refractivity contribution in [2.75, 3.05) is 6.61 Å². The molecule has 6 nitrogen and oxygen atoms in total. The first-order valence-electron chi connectivity index (χ1n) is 11.1. The highest BCUT2D eigenvalue weighted by Gasteiger charge is 2.36. The van der Waals surface area contributed by atoms with Gasteiger partial charge in [-0.2, -0.15) is 0 Å². The van der Waals surface area contributed by atoms with Gasteiger partial charge in [0.05, 0.1) is 22.4 Å². The van der Waals surface area contributed by atoms with Gasteiger partial charge in [-0.3, -0.25) is 9.36 Å². The van der Waals surface area contributed by atoms with Gasteiger partial charge in [-0.15, -0.1) is 0 Å². The van der Waals surface area contributed by atoms with Crippen LogP contribution in [0.25, 0.3) is 11.8 Å². The molecule has 1 aliphatic heterocycles. The molecule has 1 atom stereocenters. The molecular formula is C27H21BrN2O4S. The number of ether oxygens (including phenoxy) is 1. The van der Waals surface area contributed by atoms with E-state index < -0.39 is 12.0 Å². The Morgan fingerprint density at radius 1 is 1.14 bits per heavy atom. The number of furan rings is 1. The maximum Gasteiger partial charge on any atom is 0.338 e. The van der Waals surface area contributed by atoms with Crippen molar-refractivity contribution in [2.24, 2.45) is 4.99 Å². The molecule has 2 aromatic carbocycles. The van der Waals surface area contributed by atoms with Crippen LogP contribution >= 0.6 is 27.3 Å². The van der Waals surface area contributed by atoms with Crippen molar-refractivity contribution in [3.8, 4) is 0 Å². The fourth-order valence-corrected chi connectivity index (χ4v) is 5.29. The largest absolute Gasteiger partial charge is 0.464 e. The lowest BCUT2D eigenvalue weighted by Crippen LogP contribution is -2.39. The zero-order valence-electron chi connectivity index (χ0n) is 19.0. The molecule has 0 spiro atoms. The number of hydrogen-bond donors (Lipinski definition) is 0. The van der Waals surface area contributed by atoms with Gasteiger partial charge in [0.25, 0.3) is 5.56 Å². The highest BCUT2D eigenvalue weighted by Crippen LogP contribution is 2.35. The number of thiazole rings is 1. The minimum absolute atomic E-state index is 0.197. The average Bonchev–Trinajstić information content (AvgIpc) is 3.43. The van der Waals surface area contributed by atoms with E-state index in [1.165, 1.54) is 15.9 Å². The van der Waals surface area contributed by atoms with Crippen LogP contribution in [0, 0.1) is 6.92 Å². The monoisotopic (exact) mass is 548 g/mol. The lowest BCUT2D eigenvalue weighted by atomic mass is 9.97. The minimum atomic E-state index is -0.804. The molecule has 1 unspecified atom stereocenters. The number of benzene rings is 2. The fraction of sp³-hybridized carbons (Fsp3) is 0.148. The Labute approximate surface area is 213 Å². The molecule has 0 saturated carbocycles. The maximum absolute atomic E-state index is 13.7. The molecule has 0 aliphatic carbocycles. The van der Waals surface area contributed by atoms with Gasteiger partial charge in [-0.1, -0.05) is 69.7 Å². The van der Waals surface area contributed by atoms with Crippen LogP contribution in [0.15, 0.2) is 91.0 Å². The number of carbonyl (C=O) groups is 1. The van der Waals surface area contributed by atoms with Crippen molar-refractivity contribution in [3.05, 3.63) is 119 Å². The second-order valence-corrected chi connectivity index (χ2v) is 9.86. The van der Waals surface area contributed by atoms with Crippen LogP contribution in [-0.2, 0) is 9.53 Å². The molecule has 8 heteroatoms. The van der Waals surface area contributed by atoms with Gasteiger partial charge in [0.15, 0.2) is 4.80 Å². The summed E-state index contributed by atoms with van der Waals surface area (Å²) < 4.78 is 14.4. The number of fused-ring (bicyclic) bond motifs is 1. The van der Waals surface area contributed by atoms with Gasteiger partial charge in [0, 0.05) is 10.0 Å². The fourth-order valence-electron chi connectivity index (χ4n) is 4.02. The van der Waals surface area contributed by atoms with Crippen LogP contribution < -0.4 is 14.9 Å². The van der Waals surface area contributed by atoms with Crippen LogP contribution in [0.5, 0.6) is 0 Å². The number of carbonyl (C=O) groups excluding carboxylic acids is 1. The second-order valence-electron chi connectivity index (χ2n) is 7.93. The van der Waals surface area contributed by atoms with E-state index in [2.05, 4.69) is 15.9 Å². The number of hydrogen-bond acceptors (Lipinski definition) is 6.